The van der Waals surface area contributed by atoms with Gasteiger partial charge < -0.3 is 5.32 Å². The Morgan fingerprint density at radius 1 is 1.10 bits per heavy atom. The van der Waals surface area contributed by atoms with Crippen LogP contribution in [0.3, 0.4) is 0 Å². The van der Waals surface area contributed by atoms with E-state index in [0.29, 0.717) is 5.92 Å². The van der Waals surface area contributed by atoms with Crippen LogP contribution in [-0.4, -0.2) is 22.2 Å². The summed E-state index contributed by atoms with van der Waals surface area (Å²) >= 11 is 0. The van der Waals surface area contributed by atoms with Crippen LogP contribution in [0.25, 0.3) is 5.69 Å². The van der Waals surface area contributed by atoms with E-state index < -0.39 is 0 Å². The zero-order chi connectivity index (χ0) is 14.8. The molecule has 21 heavy (non-hydrogen) atoms. The van der Waals surface area contributed by atoms with Crippen molar-refractivity contribution < 1.29 is 0 Å². The van der Waals surface area contributed by atoms with Gasteiger partial charge in [0.1, 0.15) is 0 Å². The van der Waals surface area contributed by atoms with Gasteiger partial charge in [-0.15, -0.1) is 0 Å². The first kappa shape index (κ1) is 14.1. The van der Waals surface area contributed by atoms with Gasteiger partial charge in [0.15, 0.2) is 0 Å². The molecule has 0 atom stereocenters. The highest BCUT2D eigenvalue weighted by Gasteiger charge is 2.15. The van der Waals surface area contributed by atoms with E-state index in [1.807, 2.05) is 26.2 Å². The molecule has 112 valence electrons. The van der Waals surface area contributed by atoms with Crippen molar-refractivity contribution in [3.63, 3.8) is 0 Å². The van der Waals surface area contributed by atoms with E-state index in [9.17, 15) is 4.79 Å². The lowest BCUT2D eigenvalue weighted by Crippen LogP contribution is -2.26. The van der Waals surface area contributed by atoms with Crippen LogP contribution in [0, 0.1) is 0 Å². The highest BCUT2D eigenvalue weighted by molar-refractivity contribution is 5.36. The van der Waals surface area contributed by atoms with Gasteiger partial charge in [0.25, 0.3) is 0 Å². The molecule has 2 heterocycles. The molecule has 0 saturated carbocycles. The maximum absolute atomic E-state index is 12.3. The highest BCUT2D eigenvalue weighted by atomic mass is 16.1. The molecule has 1 aromatic carbocycles. The molecule has 1 saturated heterocycles. The number of aromatic nitrogens is 2. The molecule has 1 N–H and O–H groups in total. The predicted octanol–water partition coefficient (Wildman–Crippen LogP) is 2.69. The Bertz CT molecular complexity index is 645. The fourth-order valence-electron chi connectivity index (χ4n) is 3.04. The molecule has 0 unspecified atom stereocenters. The van der Waals surface area contributed by atoms with Crippen molar-refractivity contribution >= 4 is 0 Å². The van der Waals surface area contributed by atoms with Gasteiger partial charge in [0, 0.05) is 18.4 Å². The van der Waals surface area contributed by atoms with Gasteiger partial charge >= 0.3 is 5.69 Å². The summed E-state index contributed by atoms with van der Waals surface area (Å²) in [6.45, 7) is 6.24. The molecule has 0 aliphatic carbocycles. The van der Waals surface area contributed by atoms with E-state index in [4.69, 9.17) is 0 Å². The summed E-state index contributed by atoms with van der Waals surface area (Å²) in [6, 6.07) is 8.65. The standard InChI is InChI=1S/C17H23N3O/c1-13(2)19-11-12-20(17(19)21)16-5-3-14(4-6-16)15-7-9-18-10-8-15/h3-6,11-13,15,18H,7-10H2,1-2H3. The maximum Gasteiger partial charge on any atom is 0.332 e. The lowest BCUT2D eigenvalue weighted by Gasteiger charge is -2.23. The molecule has 1 aromatic heterocycles. The lowest BCUT2D eigenvalue weighted by atomic mass is 9.90. The number of piperidine rings is 1. The van der Waals surface area contributed by atoms with E-state index in [0.717, 1.165) is 18.8 Å². The van der Waals surface area contributed by atoms with Crippen molar-refractivity contribution in [2.45, 2.75) is 38.6 Å². The molecule has 0 radical (unpaired) electrons. The largest absolute Gasteiger partial charge is 0.332 e. The van der Waals surface area contributed by atoms with Gasteiger partial charge in [-0.2, -0.15) is 0 Å². The first-order valence-electron chi connectivity index (χ1n) is 7.77. The van der Waals surface area contributed by atoms with Crippen LogP contribution in [0.1, 0.15) is 44.2 Å². The SMILES string of the molecule is CC(C)n1ccn(-c2ccc(C3CCNCC3)cc2)c1=O. The molecule has 0 bridgehead atoms. The summed E-state index contributed by atoms with van der Waals surface area (Å²) < 4.78 is 3.47. The fraction of sp³-hybridized carbons (Fsp3) is 0.471. The Kier molecular flexibility index (Phi) is 3.97. The Morgan fingerprint density at radius 3 is 2.33 bits per heavy atom. The third-order valence-electron chi connectivity index (χ3n) is 4.34. The number of rotatable bonds is 3. The van der Waals surface area contributed by atoms with Crippen molar-refractivity contribution in [2.75, 3.05) is 13.1 Å². The predicted molar refractivity (Wildman–Crippen MR) is 85.3 cm³/mol. The normalized spacial score (nSPS) is 16.5. The summed E-state index contributed by atoms with van der Waals surface area (Å²) in [5, 5.41) is 3.39. The molecule has 4 nitrogen and oxygen atoms in total. The summed E-state index contributed by atoms with van der Waals surface area (Å²) in [7, 11) is 0. The van der Waals surface area contributed by atoms with Crippen LogP contribution in [0.15, 0.2) is 41.5 Å². The summed E-state index contributed by atoms with van der Waals surface area (Å²) in [6.07, 6.45) is 6.10. The quantitative estimate of drug-likeness (QED) is 0.941. The number of benzene rings is 1. The smallest absolute Gasteiger partial charge is 0.317 e. The third kappa shape index (κ3) is 2.81. The Labute approximate surface area is 125 Å². The summed E-state index contributed by atoms with van der Waals surface area (Å²) in [5.41, 5.74) is 2.35. The van der Waals surface area contributed by atoms with Gasteiger partial charge in [-0.3, -0.25) is 9.13 Å². The molecule has 4 heteroatoms. The first-order valence-corrected chi connectivity index (χ1v) is 7.77. The average molecular weight is 285 g/mol. The molecule has 1 fully saturated rings. The van der Waals surface area contributed by atoms with Gasteiger partial charge in [-0.05, 0) is 63.4 Å². The van der Waals surface area contributed by atoms with E-state index >= 15 is 0 Å². The van der Waals surface area contributed by atoms with Gasteiger partial charge in [-0.1, -0.05) is 12.1 Å². The van der Waals surface area contributed by atoms with Crippen LogP contribution in [-0.2, 0) is 0 Å². The van der Waals surface area contributed by atoms with Gasteiger partial charge in [0.05, 0.1) is 5.69 Å². The zero-order valence-electron chi connectivity index (χ0n) is 12.7. The molecule has 0 spiro atoms. The molecule has 0 amide bonds. The number of nitrogens with zero attached hydrogens (tertiary/aromatic N) is 2. The number of nitrogens with one attached hydrogen (secondary N) is 1. The van der Waals surface area contributed by atoms with E-state index in [1.165, 1.54) is 18.4 Å². The minimum atomic E-state index is 0.0274. The number of hydrogen-bond donors (Lipinski definition) is 1. The van der Waals surface area contributed by atoms with Crippen LogP contribution in [0.2, 0.25) is 0 Å². The average Bonchev–Trinajstić information content (AvgIpc) is 2.90. The zero-order valence-corrected chi connectivity index (χ0v) is 12.7. The Hall–Kier alpha value is -1.81. The molecule has 1 aliphatic rings. The molecular weight excluding hydrogens is 262 g/mol. The Morgan fingerprint density at radius 2 is 1.76 bits per heavy atom. The minimum absolute atomic E-state index is 0.0274. The van der Waals surface area contributed by atoms with Crippen LogP contribution < -0.4 is 11.0 Å². The van der Waals surface area contributed by atoms with Gasteiger partial charge in [-0.25, -0.2) is 4.79 Å². The number of imidazole rings is 1. The minimum Gasteiger partial charge on any atom is -0.317 e. The van der Waals surface area contributed by atoms with E-state index in [-0.39, 0.29) is 11.7 Å². The van der Waals surface area contributed by atoms with Crippen molar-refractivity contribution in [1.29, 1.82) is 0 Å². The van der Waals surface area contributed by atoms with Crippen LogP contribution in [0.5, 0.6) is 0 Å². The topological polar surface area (TPSA) is 39.0 Å². The highest BCUT2D eigenvalue weighted by Crippen LogP contribution is 2.25. The van der Waals surface area contributed by atoms with Crippen LogP contribution in [0.4, 0.5) is 0 Å². The second-order valence-corrected chi connectivity index (χ2v) is 6.07. The summed E-state index contributed by atoms with van der Waals surface area (Å²) in [4.78, 5) is 12.3. The van der Waals surface area contributed by atoms with E-state index in [1.54, 1.807) is 9.13 Å². The van der Waals surface area contributed by atoms with Crippen molar-refractivity contribution in [3.05, 3.63) is 52.7 Å². The molecule has 1 aliphatic heterocycles. The monoisotopic (exact) mass is 285 g/mol. The first-order chi connectivity index (χ1) is 10.2. The molecular formula is C17H23N3O. The fourth-order valence-corrected chi connectivity index (χ4v) is 3.04. The van der Waals surface area contributed by atoms with Crippen LogP contribution >= 0.6 is 0 Å². The van der Waals surface area contributed by atoms with Crippen molar-refractivity contribution in [3.8, 4) is 5.69 Å². The maximum atomic E-state index is 12.3. The lowest BCUT2D eigenvalue weighted by molar-refractivity contribution is 0.460. The third-order valence-corrected chi connectivity index (χ3v) is 4.34. The second-order valence-electron chi connectivity index (χ2n) is 6.07. The number of hydrogen-bond acceptors (Lipinski definition) is 2. The van der Waals surface area contributed by atoms with Crippen molar-refractivity contribution in [1.82, 2.24) is 14.5 Å². The molecule has 3 rings (SSSR count). The van der Waals surface area contributed by atoms with Crippen molar-refractivity contribution in [2.24, 2.45) is 0 Å². The molecule has 2 aromatic rings. The summed E-state index contributed by atoms with van der Waals surface area (Å²) in [5.74, 6) is 0.650. The van der Waals surface area contributed by atoms with Gasteiger partial charge in [0.2, 0.25) is 0 Å². The van der Waals surface area contributed by atoms with E-state index in [2.05, 4.69) is 29.6 Å². The Balaban J connectivity index is 1.85. The second kappa shape index (κ2) is 5.90.